The van der Waals surface area contributed by atoms with Crippen molar-refractivity contribution in [2.45, 2.75) is 32.1 Å². The average Bonchev–Trinajstić information content (AvgIpc) is 3.01. The zero-order valence-corrected chi connectivity index (χ0v) is 13.3. The molecule has 1 N–H and O–H groups in total. The Bertz CT molecular complexity index is 470. The van der Waals surface area contributed by atoms with Gasteiger partial charge in [-0.05, 0) is 42.7 Å². The molecule has 1 fully saturated rings. The summed E-state index contributed by atoms with van der Waals surface area (Å²) in [6.45, 7) is 0.867. The smallest absolute Gasteiger partial charge is 0.120 e. The lowest BCUT2D eigenvalue weighted by Gasteiger charge is -2.09. The molecule has 3 heteroatoms. The van der Waals surface area contributed by atoms with E-state index in [4.69, 9.17) is 9.84 Å². The molecule has 1 saturated carbocycles. The molecule has 0 radical (unpaired) electrons. The van der Waals surface area contributed by atoms with Gasteiger partial charge in [-0.1, -0.05) is 30.7 Å². The molecule has 0 unspecified atom stereocenters. The van der Waals surface area contributed by atoms with Crippen molar-refractivity contribution in [3.8, 4) is 17.6 Å². The normalized spacial score (nSPS) is 14.7. The molecule has 1 aromatic rings. The largest absolute Gasteiger partial charge is 0.493 e. The Kier molecular flexibility index (Phi) is 7.56. The lowest BCUT2D eigenvalue weighted by atomic mass is 10.1. The monoisotopic (exact) mass is 304 g/mol. The first-order valence-electron chi connectivity index (χ1n) is 7.79. The SMILES string of the molecule is OCCC#Cc1cccc(OCCSCC2CCCC2)c1. The highest BCUT2D eigenvalue weighted by Gasteiger charge is 2.14. The Hall–Kier alpha value is -1.11. The van der Waals surface area contributed by atoms with Crippen LogP contribution in [0.25, 0.3) is 0 Å². The molecule has 2 nitrogen and oxygen atoms in total. The van der Waals surface area contributed by atoms with Crippen LogP contribution in [0.2, 0.25) is 0 Å². The minimum atomic E-state index is 0.113. The molecule has 1 aliphatic carbocycles. The summed E-state index contributed by atoms with van der Waals surface area (Å²) in [5.74, 6) is 10.1. The van der Waals surface area contributed by atoms with Gasteiger partial charge in [-0.15, -0.1) is 0 Å². The molecule has 114 valence electrons. The molecule has 2 rings (SSSR count). The van der Waals surface area contributed by atoms with Crippen LogP contribution in [0.15, 0.2) is 24.3 Å². The van der Waals surface area contributed by atoms with Crippen LogP contribution in [-0.2, 0) is 0 Å². The first kappa shape index (κ1) is 16.3. The highest BCUT2D eigenvalue weighted by atomic mass is 32.2. The van der Waals surface area contributed by atoms with Gasteiger partial charge in [0.1, 0.15) is 5.75 Å². The second-order valence-electron chi connectivity index (χ2n) is 5.38. The van der Waals surface area contributed by atoms with Gasteiger partial charge in [0.15, 0.2) is 0 Å². The Balaban J connectivity index is 1.65. The molecule has 0 heterocycles. The van der Waals surface area contributed by atoms with Crippen LogP contribution in [-0.4, -0.2) is 29.8 Å². The summed E-state index contributed by atoms with van der Waals surface area (Å²) in [6, 6.07) is 7.86. The van der Waals surface area contributed by atoms with Gasteiger partial charge in [-0.3, -0.25) is 0 Å². The van der Waals surface area contributed by atoms with Crippen LogP contribution in [0, 0.1) is 17.8 Å². The van der Waals surface area contributed by atoms with Gasteiger partial charge < -0.3 is 9.84 Å². The Morgan fingerprint density at radius 3 is 2.95 bits per heavy atom. The molecular formula is C18H24O2S. The fourth-order valence-electron chi connectivity index (χ4n) is 2.53. The zero-order chi connectivity index (χ0) is 14.8. The fourth-order valence-corrected chi connectivity index (χ4v) is 3.56. The third kappa shape index (κ3) is 6.46. The maximum absolute atomic E-state index is 8.71. The topological polar surface area (TPSA) is 29.5 Å². The van der Waals surface area contributed by atoms with Gasteiger partial charge in [-0.25, -0.2) is 0 Å². The zero-order valence-electron chi connectivity index (χ0n) is 12.5. The summed E-state index contributed by atoms with van der Waals surface area (Å²) < 4.78 is 5.78. The minimum absolute atomic E-state index is 0.113. The molecule has 0 saturated heterocycles. The maximum Gasteiger partial charge on any atom is 0.120 e. The highest BCUT2D eigenvalue weighted by molar-refractivity contribution is 7.99. The van der Waals surface area contributed by atoms with Crippen molar-refractivity contribution >= 4 is 11.8 Å². The van der Waals surface area contributed by atoms with Gasteiger partial charge in [0.2, 0.25) is 0 Å². The van der Waals surface area contributed by atoms with Crippen molar-refractivity contribution < 1.29 is 9.84 Å². The Morgan fingerprint density at radius 1 is 1.29 bits per heavy atom. The number of ether oxygens (including phenoxy) is 1. The van der Waals surface area contributed by atoms with E-state index in [9.17, 15) is 0 Å². The fraction of sp³-hybridized carbons (Fsp3) is 0.556. The molecule has 0 atom stereocenters. The van der Waals surface area contributed by atoms with Crippen molar-refractivity contribution in [2.75, 3.05) is 24.7 Å². The summed E-state index contributed by atoms with van der Waals surface area (Å²) in [5, 5.41) is 8.71. The van der Waals surface area contributed by atoms with Crippen molar-refractivity contribution in [1.82, 2.24) is 0 Å². The summed E-state index contributed by atoms with van der Waals surface area (Å²) >= 11 is 2.01. The van der Waals surface area contributed by atoms with E-state index in [1.54, 1.807) is 0 Å². The van der Waals surface area contributed by atoms with Crippen LogP contribution in [0.4, 0.5) is 0 Å². The number of hydrogen-bond acceptors (Lipinski definition) is 3. The molecule has 0 spiro atoms. The molecule has 1 aliphatic rings. The Morgan fingerprint density at radius 2 is 2.14 bits per heavy atom. The lowest BCUT2D eigenvalue weighted by Crippen LogP contribution is -2.04. The second kappa shape index (κ2) is 9.76. The van der Waals surface area contributed by atoms with Gasteiger partial charge in [-0.2, -0.15) is 11.8 Å². The van der Waals surface area contributed by atoms with E-state index in [1.165, 1.54) is 31.4 Å². The standard InChI is InChI=1S/C18H24O2S/c19-11-4-3-6-16-9-5-10-18(14-16)20-12-13-21-15-17-7-1-2-8-17/h5,9-10,14,17,19H,1-2,4,7-8,11-13,15H2. The van der Waals surface area contributed by atoms with Crippen LogP contribution in [0.3, 0.4) is 0 Å². The van der Waals surface area contributed by atoms with E-state index in [-0.39, 0.29) is 6.61 Å². The molecule has 0 bridgehead atoms. The lowest BCUT2D eigenvalue weighted by molar-refractivity contribution is 0.305. The summed E-state index contributed by atoms with van der Waals surface area (Å²) in [7, 11) is 0. The van der Waals surface area contributed by atoms with Gasteiger partial charge in [0.05, 0.1) is 13.2 Å². The van der Waals surface area contributed by atoms with Crippen molar-refractivity contribution in [3.63, 3.8) is 0 Å². The third-order valence-corrected chi connectivity index (χ3v) is 4.79. The predicted octanol–water partition coefficient (Wildman–Crippen LogP) is 3.72. The van der Waals surface area contributed by atoms with E-state index in [0.29, 0.717) is 6.42 Å². The first-order chi connectivity index (χ1) is 10.4. The van der Waals surface area contributed by atoms with Crippen LogP contribution < -0.4 is 4.74 Å². The van der Waals surface area contributed by atoms with Gasteiger partial charge in [0.25, 0.3) is 0 Å². The number of hydrogen-bond donors (Lipinski definition) is 1. The van der Waals surface area contributed by atoms with Crippen molar-refractivity contribution in [1.29, 1.82) is 0 Å². The van der Waals surface area contributed by atoms with E-state index in [2.05, 4.69) is 11.8 Å². The quantitative estimate of drug-likeness (QED) is 0.615. The molecule has 1 aromatic carbocycles. The predicted molar refractivity (Wildman–Crippen MR) is 89.8 cm³/mol. The minimum Gasteiger partial charge on any atom is -0.493 e. The number of aliphatic hydroxyl groups excluding tert-OH is 1. The number of rotatable bonds is 7. The summed E-state index contributed by atoms with van der Waals surface area (Å²) in [5.41, 5.74) is 0.944. The van der Waals surface area contributed by atoms with Crippen LogP contribution in [0.5, 0.6) is 5.75 Å². The summed E-state index contributed by atoms with van der Waals surface area (Å²) in [6.07, 6.45) is 6.20. The van der Waals surface area contributed by atoms with Crippen molar-refractivity contribution in [2.24, 2.45) is 5.92 Å². The Labute approximate surface area is 132 Å². The second-order valence-corrected chi connectivity index (χ2v) is 6.53. The molecule has 21 heavy (non-hydrogen) atoms. The molecule has 0 aliphatic heterocycles. The molecule has 0 amide bonds. The van der Waals surface area contributed by atoms with Crippen LogP contribution >= 0.6 is 11.8 Å². The van der Waals surface area contributed by atoms with Crippen LogP contribution in [0.1, 0.15) is 37.7 Å². The third-order valence-electron chi connectivity index (χ3n) is 3.63. The highest BCUT2D eigenvalue weighted by Crippen LogP contribution is 2.27. The number of aliphatic hydroxyl groups is 1. The average molecular weight is 304 g/mol. The maximum atomic E-state index is 8.71. The molecule has 0 aromatic heterocycles. The number of benzene rings is 1. The van der Waals surface area contributed by atoms with E-state index >= 15 is 0 Å². The van der Waals surface area contributed by atoms with Crippen molar-refractivity contribution in [3.05, 3.63) is 29.8 Å². The molecular weight excluding hydrogens is 280 g/mol. The van der Waals surface area contributed by atoms with E-state index in [1.807, 2.05) is 36.0 Å². The van der Waals surface area contributed by atoms with Gasteiger partial charge >= 0.3 is 0 Å². The first-order valence-corrected chi connectivity index (χ1v) is 8.94. The summed E-state index contributed by atoms with van der Waals surface area (Å²) in [4.78, 5) is 0. The van der Waals surface area contributed by atoms with E-state index in [0.717, 1.165) is 29.6 Å². The van der Waals surface area contributed by atoms with Gasteiger partial charge in [0, 0.05) is 17.7 Å². The number of thioether (sulfide) groups is 1. The van der Waals surface area contributed by atoms with E-state index < -0.39 is 0 Å².